The van der Waals surface area contributed by atoms with Crippen LogP contribution in [0.3, 0.4) is 0 Å². The first-order valence-corrected chi connectivity index (χ1v) is 8.12. The molecule has 0 aliphatic rings. The van der Waals surface area contributed by atoms with E-state index >= 15 is 0 Å². The standard InChI is InChI=1S/C18H29NO2/c1-5-8-13-19(15(4)6-2)14-18(20)16-9-11-17(12-10-16)21-7-3/h9-12,15H,5-8,13-14H2,1-4H3. The van der Waals surface area contributed by atoms with Crippen molar-refractivity contribution in [1.29, 1.82) is 0 Å². The summed E-state index contributed by atoms with van der Waals surface area (Å²) >= 11 is 0. The normalized spacial score (nSPS) is 12.4. The highest BCUT2D eigenvalue weighted by molar-refractivity contribution is 5.97. The van der Waals surface area contributed by atoms with Crippen LogP contribution in [0.2, 0.25) is 0 Å². The van der Waals surface area contributed by atoms with Gasteiger partial charge in [0.1, 0.15) is 5.75 Å². The van der Waals surface area contributed by atoms with Crippen molar-refractivity contribution in [1.82, 2.24) is 4.90 Å². The average molecular weight is 291 g/mol. The minimum absolute atomic E-state index is 0.189. The number of rotatable bonds is 10. The summed E-state index contributed by atoms with van der Waals surface area (Å²) in [7, 11) is 0. The molecule has 1 atom stereocenters. The van der Waals surface area contributed by atoms with Crippen LogP contribution in [0.5, 0.6) is 5.75 Å². The predicted molar refractivity (Wildman–Crippen MR) is 88.2 cm³/mol. The number of ether oxygens (including phenoxy) is 1. The number of ketones is 1. The third-order valence-electron chi connectivity index (χ3n) is 3.85. The van der Waals surface area contributed by atoms with Crippen LogP contribution in [-0.4, -0.2) is 36.4 Å². The van der Waals surface area contributed by atoms with Crippen molar-refractivity contribution in [2.24, 2.45) is 0 Å². The van der Waals surface area contributed by atoms with Crippen molar-refractivity contribution >= 4 is 5.78 Å². The SMILES string of the molecule is CCCCN(CC(=O)c1ccc(OCC)cc1)C(C)CC. The quantitative estimate of drug-likeness (QED) is 0.606. The number of carbonyl (C=O) groups is 1. The smallest absolute Gasteiger partial charge is 0.176 e. The van der Waals surface area contributed by atoms with Gasteiger partial charge in [0.05, 0.1) is 13.2 Å². The Morgan fingerprint density at radius 2 is 1.86 bits per heavy atom. The van der Waals surface area contributed by atoms with Gasteiger partial charge in [-0.3, -0.25) is 9.69 Å². The highest BCUT2D eigenvalue weighted by Gasteiger charge is 2.16. The van der Waals surface area contributed by atoms with E-state index in [1.807, 2.05) is 31.2 Å². The fourth-order valence-electron chi connectivity index (χ4n) is 2.25. The summed E-state index contributed by atoms with van der Waals surface area (Å²) in [6.45, 7) is 10.6. The van der Waals surface area contributed by atoms with Crippen LogP contribution in [0.1, 0.15) is 57.3 Å². The summed E-state index contributed by atoms with van der Waals surface area (Å²) in [6.07, 6.45) is 3.37. The number of carbonyl (C=O) groups excluding carboxylic acids is 1. The third-order valence-corrected chi connectivity index (χ3v) is 3.85. The van der Waals surface area contributed by atoms with Gasteiger partial charge < -0.3 is 4.74 Å². The molecule has 0 aromatic heterocycles. The van der Waals surface area contributed by atoms with Gasteiger partial charge in [0.15, 0.2) is 5.78 Å². The van der Waals surface area contributed by atoms with Crippen molar-refractivity contribution in [3.05, 3.63) is 29.8 Å². The van der Waals surface area contributed by atoms with Crippen LogP contribution in [-0.2, 0) is 0 Å². The molecule has 1 aromatic rings. The van der Waals surface area contributed by atoms with Crippen LogP contribution in [0.4, 0.5) is 0 Å². The average Bonchev–Trinajstić information content (AvgIpc) is 2.51. The fourth-order valence-corrected chi connectivity index (χ4v) is 2.25. The molecule has 0 fully saturated rings. The largest absolute Gasteiger partial charge is 0.494 e. The molecule has 0 heterocycles. The van der Waals surface area contributed by atoms with Gasteiger partial charge in [-0.1, -0.05) is 20.3 Å². The highest BCUT2D eigenvalue weighted by atomic mass is 16.5. The van der Waals surface area contributed by atoms with E-state index in [0.717, 1.165) is 37.1 Å². The molecule has 0 radical (unpaired) electrons. The molecule has 0 aliphatic heterocycles. The topological polar surface area (TPSA) is 29.5 Å². The zero-order valence-corrected chi connectivity index (χ0v) is 13.9. The monoisotopic (exact) mass is 291 g/mol. The van der Waals surface area contributed by atoms with Crippen LogP contribution in [0.25, 0.3) is 0 Å². The molecule has 1 unspecified atom stereocenters. The molecule has 0 aliphatic carbocycles. The van der Waals surface area contributed by atoms with Gasteiger partial charge >= 0.3 is 0 Å². The van der Waals surface area contributed by atoms with Crippen molar-refractivity contribution in [3.63, 3.8) is 0 Å². The van der Waals surface area contributed by atoms with Gasteiger partial charge in [-0.15, -0.1) is 0 Å². The van der Waals surface area contributed by atoms with E-state index < -0.39 is 0 Å². The Morgan fingerprint density at radius 3 is 2.38 bits per heavy atom. The Kier molecular flexibility index (Phi) is 8.06. The van der Waals surface area contributed by atoms with Gasteiger partial charge in [-0.25, -0.2) is 0 Å². The van der Waals surface area contributed by atoms with Crippen molar-refractivity contribution in [2.45, 2.75) is 53.0 Å². The number of nitrogens with zero attached hydrogens (tertiary/aromatic N) is 1. The van der Waals surface area contributed by atoms with Crippen molar-refractivity contribution < 1.29 is 9.53 Å². The summed E-state index contributed by atoms with van der Waals surface area (Å²) in [6, 6.07) is 7.92. The first-order valence-electron chi connectivity index (χ1n) is 8.12. The maximum absolute atomic E-state index is 12.4. The predicted octanol–water partition coefficient (Wildman–Crippen LogP) is 4.17. The summed E-state index contributed by atoms with van der Waals surface area (Å²) < 4.78 is 5.41. The molecule has 118 valence electrons. The molecule has 0 saturated carbocycles. The number of unbranched alkanes of at least 4 members (excludes halogenated alkanes) is 1. The summed E-state index contributed by atoms with van der Waals surface area (Å²) in [5.74, 6) is 1.01. The second-order valence-corrected chi connectivity index (χ2v) is 5.46. The van der Waals surface area contributed by atoms with Gasteiger partial charge in [0.2, 0.25) is 0 Å². The Hall–Kier alpha value is -1.35. The Labute approximate surface area is 129 Å². The molecular weight excluding hydrogens is 262 g/mol. The maximum atomic E-state index is 12.4. The van der Waals surface area contributed by atoms with Crippen LogP contribution in [0, 0.1) is 0 Å². The molecule has 0 saturated heterocycles. The zero-order chi connectivity index (χ0) is 15.7. The van der Waals surface area contributed by atoms with E-state index in [1.54, 1.807) is 0 Å². The molecule has 0 amide bonds. The lowest BCUT2D eigenvalue weighted by Crippen LogP contribution is -2.37. The Morgan fingerprint density at radius 1 is 1.19 bits per heavy atom. The fraction of sp³-hybridized carbons (Fsp3) is 0.611. The lowest BCUT2D eigenvalue weighted by Gasteiger charge is -2.27. The van der Waals surface area contributed by atoms with Crippen LogP contribution < -0.4 is 4.74 Å². The third kappa shape index (κ3) is 5.88. The van der Waals surface area contributed by atoms with Gasteiger partial charge in [0.25, 0.3) is 0 Å². The minimum Gasteiger partial charge on any atom is -0.494 e. The molecule has 0 N–H and O–H groups in total. The van der Waals surface area contributed by atoms with E-state index in [1.165, 1.54) is 0 Å². The Bertz CT molecular complexity index is 414. The van der Waals surface area contributed by atoms with Gasteiger partial charge in [-0.2, -0.15) is 0 Å². The minimum atomic E-state index is 0.189. The summed E-state index contributed by atoms with van der Waals surface area (Å²) in [4.78, 5) is 14.7. The van der Waals surface area contributed by atoms with Crippen LogP contribution >= 0.6 is 0 Å². The van der Waals surface area contributed by atoms with Gasteiger partial charge in [-0.05, 0) is 57.5 Å². The molecule has 21 heavy (non-hydrogen) atoms. The number of Topliss-reactive ketones (excluding diaryl/α,β-unsaturated/α-hetero) is 1. The zero-order valence-electron chi connectivity index (χ0n) is 13.9. The van der Waals surface area contributed by atoms with Gasteiger partial charge in [0, 0.05) is 11.6 Å². The van der Waals surface area contributed by atoms with Crippen LogP contribution in [0.15, 0.2) is 24.3 Å². The Balaban J connectivity index is 2.67. The summed E-state index contributed by atoms with van der Waals surface area (Å²) in [5, 5.41) is 0. The van der Waals surface area contributed by atoms with E-state index in [2.05, 4.69) is 25.7 Å². The highest BCUT2D eigenvalue weighted by Crippen LogP contribution is 2.14. The lowest BCUT2D eigenvalue weighted by atomic mass is 10.1. The molecule has 3 nitrogen and oxygen atoms in total. The van der Waals surface area contributed by atoms with E-state index in [9.17, 15) is 4.79 Å². The molecule has 0 spiro atoms. The molecule has 3 heteroatoms. The number of hydrogen-bond donors (Lipinski definition) is 0. The lowest BCUT2D eigenvalue weighted by molar-refractivity contribution is 0.0894. The molecule has 1 rings (SSSR count). The second kappa shape index (κ2) is 9.56. The number of benzene rings is 1. The van der Waals surface area contributed by atoms with Crippen molar-refractivity contribution in [2.75, 3.05) is 19.7 Å². The first-order chi connectivity index (χ1) is 10.1. The maximum Gasteiger partial charge on any atom is 0.176 e. The molecule has 0 bridgehead atoms. The van der Waals surface area contributed by atoms with E-state index in [0.29, 0.717) is 19.2 Å². The van der Waals surface area contributed by atoms with Crippen molar-refractivity contribution in [3.8, 4) is 5.75 Å². The number of hydrogen-bond acceptors (Lipinski definition) is 3. The second-order valence-electron chi connectivity index (χ2n) is 5.46. The molecule has 1 aromatic carbocycles. The molecular formula is C18H29NO2. The van der Waals surface area contributed by atoms with E-state index in [4.69, 9.17) is 4.74 Å². The van der Waals surface area contributed by atoms with E-state index in [-0.39, 0.29) is 5.78 Å². The summed E-state index contributed by atoms with van der Waals surface area (Å²) in [5.41, 5.74) is 0.767. The first kappa shape index (κ1) is 17.7.